The van der Waals surface area contributed by atoms with Crippen LogP contribution < -0.4 is 0 Å². The minimum Gasteiger partial charge on any atom is -0.481 e. The average molecular weight is 386 g/mol. The molecule has 1 aliphatic heterocycles. The molecule has 1 amide bonds. The summed E-state index contributed by atoms with van der Waals surface area (Å²) in [5.74, 6) is -1.57. The lowest BCUT2D eigenvalue weighted by Gasteiger charge is -2.30. The zero-order valence-electron chi connectivity index (χ0n) is 13.8. The van der Waals surface area contributed by atoms with E-state index in [1.165, 1.54) is 17.4 Å². The van der Waals surface area contributed by atoms with E-state index in [0.717, 1.165) is 12.1 Å². The van der Waals surface area contributed by atoms with E-state index in [4.69, 9.17) is 5.11 Å². The number of thiazole rings is 1. The third-order valence-electron chi connectivity index (χ3n) is 4.44. The first-order chi connectivity index (χ1) is 12.2. The van der Waals surface area contributed by atoms with Crippen molar-refractivity contribution < 1.29 is 27.9 Å². The standard InChI is InChI=1S/C17H17F3N2O3S/c18-17(19,20)11-3-4-13-12(8-11)21-14(26-13)5-6-15(23)22-7-1-2-10(9-22)16(24)25/h3-4,8,10H,1-2,5-7,9H2,(H,24,25). The van der Waals surface area contributed by atoms with Crippen LogP contribution in [-0.2, 0) is 22.2 Å². The Balaban J connectivity index is 1.64. The fourth-order valence-electron chi connectivity index (χ4n) is 3.04. The van der Waals surface area contributed by atoms with Gasteiger partial charge in [0.2, 0.25) is 5.91 Å². The molecule has 0 saturated carbocycles. The number of rotatable bonds is 4. The van der Waals surface area contributed by atoms with Crippen LogP contribution >= 0.6 is 11.3 Å². The van der Waals surface area contributed by atoms with E-state index in [-0.39, 0.29) is 24.4 Å². The van der Waals surface area contributed by atoms with E-state index in [1.54, 1.807) is 4.90 Å². The van der Waals surface area contributed by atoms with Crippen molar-refractivity contribution in [2.24, 2.45) is 5.92 Å². The number of carboxylic acids is 1. The molecule has 1 atom stereocenters. The summed E-state index contributed by atoms with van der Waals surface area (Å²) in [6.45, 7) is 0.750. The maximum Gasteiger partial charge on any atom is 0.416 e. The molecule has 2 heterocycles. The van der Waals surface area contributed by atoms with Gasteiger partial charge < -0.3 is 10.0 Å². The van der Waals surface area contributed by atoms with Gasteiger partial charge in [-0.05, 0) is 31.0 Å². The summed E-state index contributed by atoms with van der Waals surface area (Å²) in [5.41, 5.74) is -0.470. The molecule has 3 rings (SSSR count). The van der Waals surface area contributed by atoms with Crippen LogP contribution in [0, 0.1) is 5.92 Å². The number of likely N-dealkylation sites (tertiary alicyclic amines) is 1. The number of aliphatic carboxylic acids is 1. The first kappa shape index (κ1) is 18.6. The van der Waals surface area contributed by atoms with Gasteiger partial charge in [0.1, 0.15) is 0 Å². The Hall–Kier alpha value is -2.16. The summed E-state index contributed by atoms with van der Waals surface area (Å²) in [4.78, 5) is 29.1. The number of carboxylic acid groups (broad SMARTS) is 1. The van der Waals surface area contributed by atoms with Gasteiger partial charge >= 0.3 is 12.1 Å². The smallest absolute Gasteiger partial charge is 0.416 e. The van der Waals surface area contributed by atoms with E-state index < -0.39 is 23.6 Å². The molecule has 0 aliphatic carbocycles. The van der Waals surface area contributed by atoms with Crippen LogP contribution in [0.2, 0.25) is 0 Å². The van der Waals surface area contributed by atoms with Crippen LogP contribution in [0.3, 0.4) is 0 Å². The summed E-state index contributed by atoms with van der Waals surface area (Å²) in [6, 6.07) is 3.43. The van der Waals surface area contributed by atoms with Crippen molar-refractivity contribution in [2.75, 3.05) is 13.1 Å². The molecule has 1 aliphatic rings. The maximum absolute atomic E-state index is 12.8. The van der Waals surface area contributed by atoms with Crippen molar-refractivity contribution in [2.45, 2.75) is 31.9 Å². The first-order valence-electron chi connectivity index (χ1n) is 8.21. The fraction of sp³-hybridized carbons (Fsp3) is 0.471. The Morgan fingerprint density at radius 1 is 1.35 bits per heavy atom. The van der Waals surface area contributed by atoms with Crippen molar-refractivity contribution in [3.63, 3.8) is 0 Å². The van der Waals surface area contributed by atoms with Crippen LogP contribution in [0.1, 0.15) is 29.8 Å². The molecule has 5 nitrogen and oxygen atoms in total. The first-order valence-corrected chi connectivity index (χ1v) is 9.03. The monoisotopic (exact) mass is 386 g/mol. The fourth-order valence-corrected chi connectivity index (χ4v) is 3.98. The minimum absolute atomic E-state index is 0.147. The zero-order chi connectivity index (χ0) is 18.9. The molecule has 140 valence electrons. The molecular formula is C17H17F3N2O3S. The van der Waals surface area contributed by atoms with Gasteiger partial charge in [-0.2, -0.15) is 13.2 Å². The topological polar surface area (TPSA) is 70.5 Å². The van der Waals surface area contributed by atoms with E-state index in [0.29, 0.717) is 35.5 Å². The summed E-state index contributed by atoms with van der Waals surface area (Å²) in [5, 5.41) is 9.68. The molecule has 0 bridgehead atoms. The lowest BCUT2D eigenvalue weighted by Crippen LogP contribution is -2.42. The summed E-state index contributed by atoms with van der Waals surface area (Å²) >= 11 is 1.27. The van der Waals surface area contributed by atoms with Crippen molar-refractivity contribution in [3.05, 3.63) is 28.8 Å². The van der Waals surface area contributed by atoms with Crippen LogP contribution in [0.25, 0.3) is 10.2 Å². The highest BCUT2D eigenvalue weighted by molar-refractivity contribution is 7.18. The Morgan fingerprint density at radius 3 is 2.81 bits per heavy atom. The highest BCUT2D eigenvalue weighted by Gasteiger charge is 2.31. The number of fused-ring (bicyclic) bond motifs is 1. The second-order valence-corrected chi connectivity index (χ2v) is 7.42. The third kappa shape index (κ3) is 4.14. The van der Waals surface area contributed by atoms with Crippen molar-refractivity contribution >= 4 is 33.4 Å². The Kier molecular flexibility index (Phi) is 5.17. The number of hydrogen-bond acceptors (Lipinski definition) is 4. The third-order valence-corrected chi connectivity index (χ3v) is 5.53. The summed E-state index contributed by atoms with van der Waals surface area (Å²) < 4.78 is 38.9. The Morgan fingerprint density at radius 2 is 2.12 bits per heavy atom. The quantitative estimate of drug-likeness (QED) is 0.872. The number of hydrogen-bond donors (Lipinski definition) is 1. The van der Waals surface area contributed by atoms with Gasteiger partial charge in [0.25, 0.3) is 0 Å². The number of amides is 1. The number of carbonyl (C=O) groups is 2. The minimum atomic E-state index is -4.41. The lowest BCUT2D eigenvalue weighted by atomic mass is 9.98. The van der Waals surface area contributed by atoms with E-state index in [1.807, 2.05) is 0 Å². The van der Waals surface area contributed by atoms with Crippen LogP contribution in [0.15, 0.2) is 18.2 Å². The molecule has 2 aromatic rings. The molecule has 1 aromatic heterocycles. The molecule has 0 radical (unpaired) electrons. The molecule has 9 heteroatoms. The van der Waals surface area contributed by atoms with E-state index in [9.17, 15) is 22.8 Å². The van der Waals surface area contributed by atoms with Gasteiger partial charge in [0, 0.05) is 25.9 Å². The maximum atomic E-state index is 12.8. The summed E-state index contributed by atoms with van der Waals surface area (Å²) in [7, 11) is 0. The molecular weight excluding hydrogens is 369 g/mol. The largest absolute Gasteiger partial charge is 0.481 e. The Bertz CT molecular complexity index is 834. The van der Waals surface area contributed by atoms with Gasteiger partial charge in [-0.15, -0.1) is 11.3 Å². The molecule has 0 spiro atoms. The number of halogens is 3. The van der Waals surface area contributed by atoms with Gasteiger partial charge in [0.15, 0.2) is 0 Å². The van der Waals surface area contributed by atoms with E-state index in [2.05, 4.69) is 4.98 Å². The van der Waals surface area contributed by atoms with Gasteiger partial charge in [-0.1, -0.05) is 0 Å². The average Bonchev–Trinajstić information content (AvgIpc) is 3.01. The molecule has 1 aromatic carbocycles. The number of carbonyl (C=O) groups excluding carboxylic acids is 1. The number of nitrogens with zero attached hydrogens (tertiary/aromatic N) is 2. The second kappa shape index (κ2) is 7.22. The van der Waals surface area contributed by atoms with Gasteiger partial charge in [-0.25, -0.2) is 4.98 Å². The van der Waals surface area contributed by atoms with Gasteiger partial charge in [-0.3, -0.25) is 9.59 Å². The normalized spacial score (nSPS) is 18.3. The highest BCUT2D eigenvalue weighted by Crippen LogP contribution is 2.33. The zero-order valence-corrected chi connectivity index (χ0v) is 14.6. The molecule has 1 fully saturated rings. The predicted molar refractivity (Wildman–Crippen MR) is 89.9 cm³/mol. The number of alkyl halides is 3. The molecule has 1 unspecified atom stereocenters. The molecule has 1 N–H and O–H groups in total. The lowest BCUT2D eigenvalue weighted by molar-refractivity contribution is -0.145. The Labute approximate surface area is 151 Å². The molecule has 1 saturated heterocycles. The summed E-state index contributed by atoms with van der Waals surface area (Å²) in [6.07, 6.45) is -2.70. The van der Waals surface area contributed by atoms with Crippen LogP contribution in [0.5, 0.6) is 0 Å². The SMILES string of the molecule is O=C(O)C1CCCN(C(=O)CCc2nc3cc(C(F)(F)F)ccc3s2)C1. The molecule has 26 heavy (non-hydrogen) atoms. The second-order valence-electron chi connectivity index (χ2n) is 6.31. The number of piperidine rings is 1. The van der Waals surface area contributed by atoms with Gasteiger partial charge in [0.05, 0.1) is 26.7 Å². The van der Waals surface area contributed by atoms with Crippen LogP contribution in [-0.4, -0.2) is 40.0 Å². The van der Waals surface area contributed by atoms with Crippen molar-refractivity contribution in [1.29, 1.82) is 0 Å². The number of aryl methyl sites for hydroxylation is 1. The highest BCUT2D eigenvalue weighted by atomic mass is 32.1. The predicted octanol–water partition coefficient (Wildman–Crippen LogP) is 3.57. The van der Waals surface area contributed by atoms with Crippen molar-refractivity contribution in [3.8, 4) is 0 Å². The van der Waals surface area contributed by atoms with E-state index >= 15 is 0 Å². The van der Waals surface area contributed by atoms with Crippen LogP contribution in [0.4, 0.5) is 13.2 Å². The number of aromatic nitrogens is 1. The number of benzene rings is 1. The van der Waals surface area contributed by atoms with Crippen molar-refractivity contribution in [1.82, 2.24) is 9.88 Å².